The van der Waals surface area contributed by atoms with Crippen LogP contribution in [-0.4, -0.2) is 9.97 Å². The second-order valence-electron chi connectivity index (χ2n) is 10.4. The number of hydrogen-bond acceptors (Lipinski definition) is 2. The van der Waals surface area contributed by atoms with Crippen molar-refractivity contribution in [3.63, 3.8) is 0 Å². The number of rotatable bonds is 6. The van der Waals surface area contributed by atoms with Crippen molar-refractivity contribution < 1.29 is 31.1 Å². The first-order valence-electron chi connectivity index (χ1n) is 18.1. The van der Waals surface area contributed by atoms with E-state index in [0.717, 1.165) is 22.4 Å². The van der Waals surface area contributed by atoms with Gasteiger partial charge in [-0.1, -0.05) is 106 Å². The van der Waals surface area contributed by atoms with Gasteiger partial charge < -0.3 is 9.97 Å². The summed E-state index contributed by atoms with van der Waals surface area (Å²) in [5.41, 5.74) is 7.20. The van der Waals surface area contributed by atoms with Crippen molar-refractivity contribution in [2.24, 2.45) is 0 Å². The first kappa shape index (κ1) is 23.2. The molecule has 0 N–H and O–H groups in total. The maximum absolute atomic E-state index is 8.94. The van der Waals surface area contributed by atoms with Crippen molar-refractivity contribution in [1.29, 1.82) is 0 Å². The van der Waals surface area contributed by atoms with Crippen molar-refractivity contribution in [1.82, 2.24) is 9.97 Å². The third kappa shape index (κ3) is 8.26. The number of pyridine rings is 2. The molecule has 44 heavy (non-hydrogen) atoms. The fraction of sp³-hybridized carbons (Fsp3) is 0.171. The number of benzene rings is 4. The fourth-order valence-electron chi connectivity index (χ4n) is 4.65. The van der Waals surface area contributed by atoms with E-state index in [4.69, 9.17) is 11.0 Å². The zero-order valence-corrected chi connectivity index (χ0v) is 27.2. The Bertz CT molecular complexity index is 2070. The van der Waals surface area contributed by atoms with E-state index in [1.54, 1.807) is 49.5 Å². The third-order valence-electron chi connectivity index (χ3n) is 7.13. The Morgan fingerprint density at radius 2 is 1.43 bits per heavy atom. The van der Waals surface area contributed by atoms with E-state index in [-0.39, 0.29) is 31.2 Å². The molecule has 0 bridgehead atoms. The van der Waals surface area contributed by atoms with E-state index in [0.29, 0.717) is 22.4 Å². The molecule has 0 saturated heterocycles. The number of hydrogen-bond donors (Lipinski definition) is 0. The van der Waals surface area contributed by atoms with Crippen LogP contribution in [0.3, 0.4) is 0 Å². The molecule has 0 aliphatic heterocycles. The van der Waals surface area contributed by atoms with Crippen LogP contribution in [0.15, 0.2) is 128 Å². The Morgan fingerprint density at radius 1 is 0.682 bits per heavy atom. The normalized spacial score (nSPS) is 15.4. The second kappa shape index (κ2) is 15.5. The Kier molecular flexibility index (Phi) is 8.20. The van der Waals surface area contributed by atoms with Gasteiger partial charge in [-0.05, 0) is 52.5 Å². The summed E-state index contributed by atoms with van der Waals surface area (Å²) in [6, 6.07) is 41.5. The molecule has 223 valence electrons. The summed E-state index contributed by atoms with van der Waals surface area (Å²) in [6.07, 6.45) is 3.04. The van der Waals surface area contributed by atoms with Crippen LogP contribution in [0.5, 0.6) is 0 Å². The van der Waals surface area contributed by atoms with Gasteiger partial charge in [-0.2, -0.15) is 0 Å². The summed E-state index contributed by atoms with van der Waals surface area (Å²) in [4.78, 5) is 8.70. The molecule has 0 aliphatic carbocycles. The predicted molar refractivity (Wildman–Crippen MR) is 180 cm³/mol. The summed E-state index contributed by atoms with van der Waals surface area (Å²) >= 11 is 0. The molecule has 6 aromatic rings. The van der Waals surface area contributed by atoms with Crippen LogP contribution >= 0.6 is 0 Å². The summed E-state index contributed by atoms with van der Waals surface area (Å²) in [6.45, 7) is 0.767. The monoisotopic (exact) mass is 759 g/mol. The van der Waals surface area contributed by atoms with Crippen LogP contribution < -0.4 is 0 Å². The van der Waals surface area contributed by atoms with Crippen molar-refractivity contribution in [3.05, 3.63) is 168 Å². The molecule has 2 heterocycles. The van der Waals surface area contributed by atoms with E-state index in [1.165, 1.54) is 23.9 Å². The molecular formula is C41H38IrN2-2. The Balaban J connectivity index is 0.000000236. The minimum absolute atomic E-state index is 0. The number of aryl methyl sites for hydroxylation is 2. The summed E-state index contributed by atoms with van der Waals surface area (Å²) in [7, 11) is 0. The van der Waals surface area contributed by atoms with E-state index < -0.39 is 25.5 Å². The first-order valence-corrected chi connectivity index (χ1v) is 14.1. The van der Waals surface area contributed by atoms with Gasteiger partial charge >= 0.3 is 0 Å². The molecule has 4 aromatic carbocycles. The quantitative estimate of drug-likeness (QED) is 0.158. The van der Waals surface area contributed by atoms with Crippen LogP contribution in [0.1, 0.15) is 71.3 Å². The van der Waals surface area contributed by atoms with E-state index in [1.807, 2.05) is 56.3 Å². The van der Waals surface area contributed by atoms with E-state index in [2.05, 4.69) is 46.4 Å². The van der Waals surface area contributed by atoms with Crippen LogP contribution in [-0.2, 0) is 20.1 Å². The molecule has 0 saturated carbocycles. The topological polar surface area (TPSA) is 25.8 Å². The molecule has 2 nitrogen and oxygen atoms in total. The van der Waals surface area contributed by atoms with Crippen LogP contribution in [0, 0.1) is 25.8 Å². The Hall–Kier alpha value is -4.17. The van der Waals surface area contributed by atoms with Gasteiger partial charge in [0.05, 0.1) is 0 Å². The molecule has 0 amide bonds. The number of aromatic nitrogens is 2. The van der Waals surface area contributed by atoms with Gasteiger partial charge in [-0.25, -0.2) is 0 Å². The van der Waals surface area contributed by atoms with Crippen molar-refractivity contribution >= 4 is 0 Å². The van der Waals surface area contributed by atoms with Gasteiger partial charge in [0.2, 0.25) is 0 Å². The Morgan fingerprint density at radius 3 is 2.11 bits per heavy atom. The molecule has 1 unspecified atom stereocenters. The molecule has 0 spiro atoms. The third-order valence-corrected chi connectivity index (χ3v) is 7.13. The van der Waals surface area contributed by atoms with E-state index >= 15 is 0 Å². The molecule has 6 rings (SSSR count). The van der Waals surface area contributed by atoms with Crippen molar-refractivity contribution in [2.75, 3.05) is 0 Å². The molecule has 0 fully saturated rings. The fourth-order valence-corrected chi connectivity index (χ4v) is 4.65. The van der Waals surface area contributed by atoms with Gasteiger partial charge in [0.1, 0.15) is 0 Å². The van der Waals surface area contributed by atoms with Crippen LogP contribution in [0.4, 0.5) is 0 Å². The molecule has 2 aromatic heterocycles. The maximum Gasteiger partial charge on any atom is 0.0399 e. The van der Waals surface area contributed by atoms with E-state index in [9.17, 15) is 0 Å². The second-order valence-corrected chi connectivity index (χ2v) is 10.4. The van der Waals surface area contributed by atoms with Gasteiger partial charge in [-0.15, -0.1) is 70.8 Å². The van der Waals surface area contributed by atoms with Gasteiger partial charge in [0.15, 0.2) is 0 Å². The Labute approximate surface area is 287 Å². The molecule has 1 atom stereocenters. The standard InChI is InChI=1S/C21H20N.C20H18N.Ir/c1-15-9-11-19(12-10-15)21-13-20(16(2)14-22-21)17(3)18-7-5-4-6-8-18;1-15(2)17-11-12-21-20(14-17)19-10-6-9-18(13-19)16-7-4-3-5-8-16;/h4-11,13-14,17H,1-3H3;3-9,11-15H,1-2H3;/q2*-1;/i1D3,2D3,17D;15D;. The van der Waals surface area contributed by atoms with Crippen LogP contribution in [0.25, 0.3) is 33.6 Å². The maximum atomic E-state index is 8.94. The van der Waals surface area contributed by atoms with Crippen molar-refractivity contribution in [3.8, 4) is 33.6 Å². The average molecular weight is 759 g/mol. The summed E-state index contributed by atoms with van der Waals surface area (Å²) < 4.78 is 63.1. The summed E-state index contributed by atoms with van der Waals surface area (Å²) in [5, 5.41) is 0. The molecule has 1 radical (unpaired) electrons. The molecule has 3 heteroatoms. The minimum atomic E-state index is -2.42. The smallest absolute Gasteiger partial charge is 0.0399 e. The van der Waals surface area contributed by atoms with Crippen LogP contribution in [0.2, 0.25) is 0 Å². The predicted octanol–water partition coefficient (Wildman–Crippen LogP) is 10.7. The van der Waals surface area contributed by atoms with Gasteiger partial charge in [0.25, 0.3) is 0 Å². The van der Waals surface area contributed by atoms with Crippen molar-refractivity contribution in [2.45, 2.75) is 46.3 Å². The zero-order chi connectivity index (χ0) is 37.0. The van der Waals surface area contributed by atoms with Gasteiger partial charge in [-0.3, -0.25) is 0 Å². The SMILES string of the molecule is [2H]C(C)(C)c1ccnc(-c2[c-]ccc(-c3ccccc3)c2)c1.[2H]C([2H])([2H])c1c[c-]c(-c2cc(C([2H])(C)c3ccccc3)c(C([2H])([2H])[2H])cn2)cc1.[Ir]. The average Bonchev–Trinajstić information content (AvgIpc) is 3.11. The minimum Gasteiger partial charge on any atom is -0.305 e. The number of nitrogens with zero attached hydrogens (tertiary/aromatic N) is 2. The molecular weight excluding hydrogens is 713 g/mol. The zero-order valence-electron chi connectivity index (χ0n) is 32.9. The first-order chi connectivity index (χ1) is 23.9. The molecule has 0 aliphatic rings. The van der Waals surface area contributed by atoms with Gasteiger partial charge in [0, 0.05) is 49.4 Å². The largest absolute Gasteiger partial charge is 0.305 e. The summed E-state index contributed by atoms with van der Waals surface area (Å²) in [5.74, 6) is -1.95.